The van der Waals surface area contributed by atoms with E-state index in [2.05, 4.69) is 6.92 Å². The number of benzene rings is 3. The molecular weight excluding hydrogens is 440 g/mol. The molecule has 0 spiro atoms. The smallest absolute Gasteiger partial charge is 0.200 e. The van der Waals surface area contributed by atoms with Crippen LogP contribution in [0.3, 0.4) is 0 Å². The van der Waals surface area contributed by atoms with E-state index in [4.69, 9.17) is 18.6 Å². The van der Waals surface area contributed by atoms with Crippen molar-refractivity contribution < 1.29 is 18.6 Å². The number of aryl methyl sites for hydroxylation is 1. The standard InChI is InChI=1S/C30H28O5/c1-2-8-23-17-24-28(19-27(23)33-14-6-11-21-9-4-3-5-10-21)35-20-25(30(24)31)22-12-13-26-29(18-22)34-16-7-15-32-26/h3-6,9-13,17-20H,2,7-8,14-16H2,1H3. The average molecular weight is 469 g/mol. The van der Waals surface area contributed by atoms with E-state index >= 15 is 0 Å². The van der Waals surface area contributed by atoms with Crippen molar-refractivity contribution in [2.24, 2.45) is 0 Å². The largest absolute Gasteiger partial charge is 0.490 e. The highest BCUT2D eigenvalue weighted by Crippen LogP contribution is 2.34. The van der Waals surface area contributed by atoms with Gasteiger partial charge in [-0.1, -0.05) is 55.8 Å². The summed E-state index contributed by atoms with van der Waals surface area (Å²) in [6.07, 6.45) is 8.11. The highest BCUT2D eigenvalue weighted by Gasteiger charge is 2.16. The van der Waals surface area contributed by atoms with Crippen molar-refractivity contribution in [2.75, 3.05) is 19.8 Å². The molecule has 0 amide bonds. The molecule has 2 heterocycles. The van der Waals surface area contributed by atoms with Crippen molar-refractivity contribution in [1.82, 2.24) is 0 Å². The number of fused-ring (bicyclic) bond motifs is 2. The predicted molar refractivity (Wildman–Crippen MR) is 138 cm³/mol. The van der Waals surface area contributed by atoms with E-state index in [0.29, 0.717) is 47.9 Å². The zero-order valence-electron chi connectivity index (χ0n) is 19.8. The molecular formula is C30H28O5. The summed E-state index contributed by atoms with van der Waals surface area (Å²) in [6.45, 7) is 3.75. The first-order valence-corrected chi connectivity index (χ1v) is 12.1. The van der Waals surface area contributed by atoms with E-state index in [0.717, 1.165) is 41.7 Å². The van der Waals surface area contributed by atoms with Gasteiger partial charge >= 0.3 is 0 Å². The summed E-state index contributed by atoms with van der Waals surface area (Å²) >= 11 is 0. The van der Waals surface area contributed by atoms with Crippen LogP contribution in [0.25, 0.3) is 28.2 Å². The molecule has 0 atom stereocenters. The van der Waals surface area contributed by atoms with E-state index in [1.165, 1.54) is 6.26 Å². The minimum absolute atomic E-state index is 0.0754. The lowest BCUT2D eigenvalue weighted by Crippen LogP contribution is -2.07. The lowest BCUT2D eigenvalue weighted by molar-refractivity contribution is 0.297. The molecule has 178 valence electrons. The van der Waals surface area contributed by atoms with Gasteiger partial charge in [0.1, 0.15) is 24.2 Å². The van der Waals surface area contributed by atoms with E-state index in [1.807, 2.05) is 72.8 Å². The number of ether oxygens (including phenoxy) is 3. The van der Waals surface area contributed by atoms with E-state index in [-0.39, 0.29) is 5.43 Å². The molecule has 0 radical (unpaired) electrons. The molecule has 0 bridgehead atoms. The van der Waals surface area contributed by atoms with Crippen LogP contribution in [0.4, 0.5) is 0 Å². The van der Waals surface area contributed by atoms with Crippen molar-refractivity contribution in [3.8, 4) is 28.4 Å². The SMILES string of the molecule is CCCc1cc2c(=O)c(-c3ccc4c(c3)OCCCO4)coc2cc1OCC=Cc1ccccc1. The van der Waals surface area contributed by atoms with Crippen LogP contribution in [0.15, 0.2) is 82.2 Å². The lowest BCUT2D eigenvalue weighted by atomic mass is 10.0. The molecule has 0 saturated heterocycles. The fourth-order valence-electron chi connectivity index (χ4n) is 4.22. The van der Waals surface area contributed by atoms with Crippen LogP contribution in [0.2, 0.25) is 0 Å². The normalized spacial score (nSPS) is 13.2. The Morgan fingerprint density at radius 3 is 2.63 bits per heavy atom. The van der Waals surface area contributed by atoms with Crippen LogP contribution < -0.4 is 19.6 Å². The van der Waals surface area contributed by atoms with Crippen LogP contribution in [0.1, 0.15) is 30.9 Å². The fraction of sp³-hybridized carbons (Fsp3) is 0.233. The highest BCUT2D eigenvalue weighted by molar-refractivity contribution is 5.84. The van der Waals surface area contributed by atoms with Gasteiger partial charge in [-0.25, -0.2) is 0 Å². The molecule has 0 aliphatic carbocycles. The Hall–Kier alpha value is -3.99. The van der Waals surface area contributed by atoms with Crippen molar-refractivity contribution in [3.63, 3.8) is 0 Å². The Kier molecular flexibility index (Phi) is 6.85. The van der Waals surface area contributed by atoms with Gasteiger partial charge in [0.2, 0.25) is 5.43 Å². The maximum Gasteiger partial charge on any atom is 0.200 e. The summed E-state index contributed by atoms with van der Waals surface area (Å²) in [5.41, 5.74) is 3.79. The maximum absolute atomic E-state index is 13.5. The Balaban J connectivity index is 1.45. The molecule has 0 unspecified atom stereocenters. The molecule has 1 aliphatic rings. The Labute approximate surface area is 204 Å². The zero-order valence-corrected chi connectivity index (χ0v) is 19.8. The van der Waals surface area contributed by atoms with Crippen molar-refractivity contribution in [1.29, 1.82) is 0 Å². The molecule has 5 nitrogen and oxygen atoms in total. The Bertz CT molecular complexity index is 1400. The third-order valence-electron chi connectivity index (χ3n) is 5.98. The molecule has 1 aliphatic heterocycles. The van der Waals surface area contributed by atoms with E-state index in [9.17, 15) is 4.79 Å². The monoisotopic (exact) mass is 468 g/mol. The maximum atomic E-state index is 13.5. The topological polar surface area (TPSA) is 57.9 Å². The molecule has 4 aromatic rings. The average Bonchev–Trinajstić information content (AvgIpc) is 3.13. The predicted octanol–water partition coefficient (Wildman–Crippen LogP) is 6.67. The third-order valence-corrected chi connectivity index (χ3v) is 5.98. The summed E-state index contributed by atoms with van der Waals surface area (Å²) in [4.78, 5) is 13.5. The van der Waals surface area contributed by atoms with Crippen molar-refractivity contribution >= 4 is 17.0 Å². The minimum Gasteiger partial charge on any atom is -0.490 e. The van der Waals surface area contributed by atoms with Crippen LogP contribution in [-0.2, 0) is 6.42 Å². The Morgan fingerprint density at radius 2 is 1.80 bits per heavy atom. The second-order valence-electron chi connectivity index (χ2n) is 8.52. The quantitative estimate of drug-likeness (QED) is 0.303. The van der Waals surface area contributed by atoms with Gasteiger partial charge < -0.3 is 18.6 Å². The van der Waals surface area contributed by atoms with Gasteiger partial charge in [-0.2, -0.15) is 0 Å². The molecule has 5 rings (SSSR count). The van der Waals surface area contributed by atoms with Gasteiger partial charge in [0, 0.05) is 12.5 Å². The molecule has 0 N–H and O–H groups in total. The summed E-state index contributed by atoms with van der Waals surface area (Å²) in [5.74, 6) is 2.09. The lowest BCUT2D eigenvalue weighted by Gasteiger charge is -2.12. The van der Waals surface area contributed by atoms with Gasteiger partial charge in [0.05, 0.1) is 24.2 Å². The third kappa shape index (κ3) is 5.09. The zero-order chi connectivity index (χ0) is 24.0. The minimum atomic E-state index is -0.0754. The van der Waals surface area contributed by atoms with E-state index in [1.54, 1.807) is 0 Å². The van der Waals surface area contributed by atoms with Gasteiger partial charge in [0.25, 0.3) is 0 Å². The molecule has 5 heteroatoms. The first kappa shape index (κ1) is 22.8. The van der Waals surface area contributed by atoms with Crippen LogP contribution in [0.5, 0.6) is 17.2 Å². The van der Waals surface area contributed by atoms with E-state index < -0.39 is 0 Å². The van der Waals surface area contributed by atoms with Crippen molar-refractivity contribution in [2.45, 2.75) is 26.2 Å². The molecule has 0 saturated carbocycles. The highest BCUT2D eigenvalue weighted by atomic mass is 16.5. The summed E-state index contributed by atoms with van der Waals surface area (Å²) in [5, 5.41) is 0.547. The summed E-state index contributed by atoms with van der Waals surface area (Å²) < 4.78 is 23.5. The number of rotatable bonds is 7. The Morgan fingerprint density at radius 1 is 0.971 bits per heavy atom. The number of hydrogen-bond acceptors (Lipinski definition) is 5. The van der Waals surface area contributed by atoms with Gasteiger partial charge in [-0.05, 0) is 47.4 Å². The molecule has 3 aromatic carbocycles. The summed E-state index contributed by atoms with van der Waals surface area (Å²) in [7, 11) is 0. The second-order valence-corrected chi connectivity index (χ2v) is 8.52. The van der Waals surface area contributed by atoms with Gasteiger partial charge in [-0.3, -0.25) is 4.79 Å². The van der Waals surface area contributed by atoms with Crippen LogP contribution >= 0.6 is 0 Å². The molecule has 1 aromatic heterocycles. The van der Waals surface area contributed by atoms with Crippen molar-refractivity contribution in [3.05, 3.63) is 94.4 Å². The first-order valence-electron chi connectivity index (χ1n) is 12.1. The molecule has 35 heavy (non-hydrogen) atoms. The first-order chi connectivity index (χ1) is 17.2. The van der Waals surface area contributed by atoms with Crippen LogP contribution in [-0.4, -0.2) is 19.8 Å². The fourth-order valence-corrected chi connectivity index (χ4v) is 4.22. The number of hydrogen-bond donors (Lipinski definition) is 0. The molecule has 0 fully saturated rings. The van der Waals surface area contributed by atoms with Gasteiger partial charge in [-0.15, -0.1) is 0 Å². The van der Waals surface area contributed by atoms with Gasteiger partial charge in [0.15, 0.2) is 11.5 Å². The summed E-state index contributed by atoms with van der Waals surface area (Å²) in [6, 6.07) is 19.4. The second kappa shape index (κ2) is 10.5. The van der Waals surface area contributed by atoms with Crippen LogP contribution in [0, 0.1) is 0 Å².